The number of hydrogen-bond acceptors (Lipinski definition) is 4. The molecule has 0 saturated carbocycles. The van der Waals surface area contributed by atoms with Crippen LogP contribution in [0.1, 0.15) is 27.7 Å². The Balaban J connectivity index is 2.92. The van der Waals surface area contributed by atoms with Crippen LogP contribution in [0.5, 0.6) is 0 Å². The second kappa shape index (κ2) is 3.18. The van der Waals surface area contributed by atoms with Crippen LogP contribution in [-0.2, 0) is 0 Å². The van der Waals surface area contributed by atoms with Crippen molar-refractivity contribution in [2.45, 2.75) is 38.8 Å². The summed E-state index contributed by atoms with van der Waals surface area (Å²) in [4.78, 5) is 21.2. The average molecular weight is 200 g/mol. The third-order valence-corrected chi connectivity index (χ3v) is 2.67. The lowest BCUT2D eigenvalue weighted by atomic mass is 9.92. The molecule has 1 aliphatic rings. The van der Waals surface area contributed by atoms with Gasteiger partial charge in [-0.15, -0.1) is 9.81 Å². The van der Waals surface area contributed by atoms with Crippen molar-refractivity contribution in [3.05, 3.63) is 9.81 Å². The zero-order valence-corrected chi connectivity index (χ0v) is 9.02. The molecule has 0 amide bonds. The van der Waals surface area contributed by atoms with Gasteiger partial charge in [-0.1, -0.05) is 0 Å². The molecular formula is C8H16N4O2. The van der Waals surface area contributed by atoms with Crippen molar-refractivity contribution in [3.8, 4) is 0 Å². The predicted octanol–water partition coefficient (Wildman–Crippen LogP) is 1.52. The summed E-state index contributed by atoms with van der Waals surface area (Å²) < 4.78 is 0. The summed E-state index contributed by atoms with van der Waals surface area (Å²) in [5.74, 6) is 0. The van der Waals surface area contributed by atoms with Crippen molar-refractivity contribution in [1.29, 1.82) is 0 Å². The van der Waals surface area contributed by atoms with Crippen LogP contribution in [0.3, 0.4) is 0 Å². The molecule has 0 spiro atoms. The summed E-state index contributed by atoms with van der Waals surface area (Å²) >= 11 is 0. The fourth-order valence-electron chi connectivity index (χ4n) is 1.60. The van der Waals surface area contributed by atoms with Crippen molar-refractivity contribution in [1.82, 2.24) is 10.0 Å². The molecule has 14 heavy (non-hydrogen) atoms. The first-order chi connectivity index (χ1) is 6.33. The Labute approximate surface area is 83.1 Å². The molecular weight excluding hydrogens is 184 g/mol. The van der Waals surface area contributed by atoms with Gasteiger partial charge in [0, 0.05) is 0 Å². The number of rotatable bonds is 2. The number of piperazine rings is 1. The molecule has 0 bridgehead atoms. The standard InChI is InChI=1S/C8H16N4O2/c1-7(2)5-12(10-14)8(3,4)6-11(7)9-13/h5-6H2,1-4H3. The lowest BCUT2D eigenvalue weighted by Crippen LogP contribution is -2.64. The van der Waals surface area contributed by atoms with Gasteiger partial charge in [0.25, 0.3) is 0 Å². The maximum atomic E-state index is 10.6. The van der Waals surface area contributed by atoms with Gasteiger partial charge in [-0.25, -0.2) is 0 Å². The number of nitroso groups, excluding NO2 is 2. The van der Waals surface area contributed by atoms with Gasteiger partial charge < -0.3 is 0 Å². The number of nitrogens with zero attached hydrogens (tertiary/aromatic N) is 4. The molecule has 1 rings (SSSR count). The van der Waals surface area contributed by atoms with Crippen molar-refractivity contribution in [2.75, 3.05) is 13.1 Å². The second-order valence-corrected chi connectivity index (χ2v) is 4.90. The highest BCUT2D eigenvalue weighted by molar-refractivity contribution is 4.96. The highest BCUT2D eigenvalue weighted by Gasteiger charge is 2.44. The van der Waals surface area contributed by atoms with Crippen molar-refractivity contribution >= 4 is 0 Å². The van der Waals surface area contributed by atoms with E-state index in [9.17, 15) is 9.81 Å². The van der Waals surface area contributed by atoms with E-state index in [0.29, 0.717) is 13.1 Å². The molecule has 0 radical (unpaired) electrons. The second-order valence-electron chi connectivity index (χ2n) is 4.90. The quantitative estimate of drug-likeness (QED) is 0.634. The lowest BCUT2D eigenvalue weighted by Gasteiger charge is -2.49. The Hall–Kier alpha value is -1.20. The van der Waals surface area contributed by atoms with Crippen molar-refractivity contribution < 1.29 is 0 Å². The Morgan fingerprint density at radius 2 is 1.14 bits per heavy atom. The fourth-order valence-corrected chi connectivity index (χ4v) is 1.60. The van der Waals surface area contributed by atoms with Crippen LogP contribution in [0.15, 0.2) is 10.6 Å². The van der Waals surface area contributed by atoms with Crippen LogP contribution in [0.2, 0.25) is 0 Å². The third-order valence-electron chi connectivity index (χ3n) is 2.67. The monoisotopic (exact) mass is 200 g/mol. The lowest BCUT2D eigenvalue weighted by molar-refractivity contribution is -0.0560. The SMILES string of the molecule is CC1(C)CN(N=O)C(C)(C)CN1N=O. The molecule has 0 unspecified atom stereocenters. The molecule has 1 saturated heterocycles. The maximum Gasteiger partial charge on any atom is 0.0748 e. The smallest absolute Gasteiger partial charge is 0.0748 e. The van der Waals surface area contributed by atoms with Crippen molar-refractivity contribution in [3.63, 3.8) is 0 Å². The molecule has 0 aromatic rings. The Bertz CT molecular complexity index is 226. The van der Waals surface area contributed by atoms with E-state index in [1.54, 1.807) is 0 Å². The van der Waals surface area contributed by atoms with Crippen LogP contribution >= 0.6 is 0 Å². The molecule has 0 aromatic carbocycles. The Kier molecular flexibility index (Phi) is 2.47. The van der Waals surface area contributed by atoms with Gasteiger partial charge in [0.2, 0.25) is 0 Å². The van der Waals surface area contributed by atoms with Gasteiger partial charge in [-0.2, -0.15) is 0 Å². The van der Waals surface area contributed by atoms with E-state index in [2.05, 4.69) is 10.6 Å². The highest BCUT2D eigenvalue weighted by atomic mass is 16.3. The van der Waals surface area contributed by atoms with Crippen LogP contribution in [-0.4, -0.2) is 34.2 Å². The van der Waals surface area contributed by atoms with Crippen LogP contribution in [0.4, 0.5) is 0 Å². The van der Waals surface area contributed by atoms with E-state index < -0.39 is 11.1 Å². The normalized spacial score (nSPS) is 24.6. The summed E-state index contributed by atoms with van der Waals surface area (Å²) in [5.41, 5.74) is -0.879. The van der Waals surface area contributed by atoms with Crippen LogP contribution < -0.4 is 0 Å². The van der Waals surface area contributed by atoms with Gasteiger partial charge >= 0.3 is 0 Å². The Morgan fingerprint density at radius 1 is 0.857 bits per heavy atom. The van der Waals surface area contributed by atoms with Gasteiger partial charge in [-0.3, -0.25) is 10.0 Å². The number of hydrogen-bond donors (Lipinski definition) is 0. The molecule has 0 aromatic heterocycles. The molecule has 80 valence electrons. The van der Waals surface area contributed by atoms with Crippen molar-refractivity contribution in [2.24, 2.45) is 10.6 Å². The molecule has 6 nitrogen and oxygen atoms in total. The molecule has 6 heteroatoms. The topological polar surface area (TPSA) is 65.3 Å². The third kappa shape index (κ3) is 1.69. The first kappa shape index (κ1) is 10.9. The summed E-state index contributed by atoms with van der Waals surface area (Å²) in [6.07, 6.45) is 0. The molecule has 0 N–H and O–H groups in total. The highest BCUT2D eigenvalue weighted by Crippen LogP contribution is 2.30. The zero-order valence-electron chi connectivity index (χ0n) is 9.02. The molecule has 1 aliphatic heterocycles. The van der Waals surface area contributed by atoms with Gasteiger partial charge in [0.1, 0.15) is 0 Å². The first-order valence-electron chi connectivity index (χ1n) is 4.55. The van der Waals surface area contributed by atoms with Crippen LogP contribution in [0, 0.1) is 9.81 Å². The van der Waals surface area contributed by atoms with Gasteiger partial charge in [0.15, 0.2) is 0 Å². The molecule has 0 atom stereocenters. The van der Waals surface area contributed by atoms with E-state index >= 15 is 0 Å². The first-order valence-corrected chi connectivity index (χ1v) is 4.55. The van der Waals surface area contributed by atoms with Gasteiger partial charge in [0.05, 0.1) is 34.7 Å². The van der Waals surface area contributed by atoms with Crippen LogP contribution in [0.25, 0.3) is 0 Å². The van der Waals surface area contributed by atoms with E-state index in [1.807, 2.05) is 27.7 Å². The van der Waals surface area contributed by atoms with E-state index in [-0.39, 0.29) is 0 Å². The minimum atomic E-state index is -0.439. The minimum Gasteiger partial charge on any atom is -0.251 e. The predicted molar refractivity (Wildman–Crippen MR) is 53.2 cm³/mol. The summed E-state index contributed by atoms with van der Waals surface area (Å²) in [6, 6.07) is 0. The van der Waals surface area contributed by atoms with E-state index in [4.69, 9.17) is 0 Å². The maximum absolute atomic E-state index is 10.6. The average Bonchev–Trinajstić information content (AvgIpc) is 2.08. The fraction of sp³-hybridized carbons (Fsp3) is 1.00. The largest absolute Gasteiger partial charge is 0.251 e. The Morgan fingerprint density at radius 3 is 1.36 bits per heavy atom. The summed E-state index contributed by atoms with van der Waals surface area (Å²) in [5, 5.41) is 8.89. The van der Waals surface area contributed by atoms with E-state index in [0.717, 1.165) is 0 Å². The summed E-state index contributed by atoms with van der Waals surface area (Å²) in [7, 11) is 0. The molecule has 0 aliphatic carbocycles. The zero-order chi connectivity index (χ0) is 11.0. The molecule has 1 fully saturated rings. The summed E-state index contributed by atoms with van der Waals surface area (Å²) in [6.45, 7) is 8.28. The van der Waals surface area contributed by atoms with Gasteiger partial charge in [-0.05, 0) is 27.7 Å². The molecule has 1 heterocycles. The minimum absolute atomic E-state index is 0.412. The van der Waals surface area contributed by atoms with E-state index in [1.165, 1.54) is 10.0 Å².